The van der Waals surface area contributed by atoms with E-state index in [2.05, 4.69) is 43.4 Å². The monoisotopic (exact) mass is 264 g/mol. The maximum atomic E-state index is 9.83. The molecule has 0 aromatic heterocycles. The first-order valence-corrected chi connectivity index (χ1v) is 7.18. The zero-order chi connectivity index (χ0) is 14.3. The van der Waals surface area contributed by atoms with Gasteiger partial charge in [0.05, 0.1) is 6.10 Å². The third kappa shape index (κ3) is 6.19. The van der Waals surface area contributed by atoms with Gasteiger partial charge in [0.15, 0.2) is 0 Å². The molecule has 0 heterocycles. The van der Waals surface area contributed by atoms with Gasteiger partial charge in [-0.05, 0) is 38.6 Å². The van der Waals surface area contributed by atoms with E-state index in [-0.39, 0.29) is 12.1 Å². The summed E-state index contributed by atoms with van der Waals surface area (Å²) in [7, 11) is 3.94. The van der Waals surface area contributed by atoms with Gasteiger partial charge in [-0.15, -0.1) is 0 Å². The van der Waals surface area contributed by atoms with E-state index in [1.165, 1.54) is 17.5 Å². The van der Waals surface area contributed by atoms with Crippen molar-refractivity contribution in [1.29, 1.82) is 0 Å². The van der Waals surface area contributed by atoms with Crippen LogP contribution in [0.5, 0.6) is 0 Å². The maximum absolute atomic E-state index is 9.83. The third-order valence-corrected chi connectivity index (χ3v) is 3.25. The summed E-state index contributed by atoms with van der Waals surface area (Å²) < 4.78 is 0. The average Bonchev–Trinajstić information content (AvgIpc) is 2.36. The van der Waals surface area contributed by atoms with E-state index in [1.54, 1.807) is 0 Å². The minimum atomic E-state index is -0.322. The van der Waals surface area contributed by atoms with E-state index in [4.69, 9.17) is 0 Å². The van der Waals surface area contributed by atoms with Gasteiger partial charge in [0.25, 0.3) is 0 Å². The van der Waals surface area contributed by atoms with Crippen LogP contribution in [-0.4, -0.2) is 43.3 Å². The fraction of sp³-hybridized carbons (Fsp3) is 0.625. The van der Waals surface area contributed by atoms with E-state index in [0.29, 0.717) is 13.1 Å². The number of benzene rings is 1. The van der Waals surface area contributed by atoms with Gasteiger partial charge in [0.1, 0.15) is 0 Å². The van der Waals surface area contributed by atoms with Crippen molar-refractivity contribution in [3.63, 3.8) is 0 Å². The summed E-state index contributed by atoms with van der Waals surface area (Å²) in [4.78, 5) is 2.00. The molecule has 0 saturated carbocycles. The molecule has 1 aromatic carbocycles. The molecule has 2 N–H and O–H groups in total. The zero-order valence-corrected chi connectivity index (χ0v) is 12.7. The Morgan fingerprint density at radius 2 is 1.84 bits per heavy atom. The zero-order valence-electron chi connectivity index (χ0n) is 12.7. The summed E-state index contributed by atoms with van der Waals surface area (Å²) >= 11 is 0. The second-order valence-electron chi connectivity index (χ2n) is 5.54. The first-order chi connectivity index (χ1) is 9.02. The number of rotatable bonds is 8. The molecule has 2 atom stereocenters. The molecule has 0 radical (unpaired) electrons. The molecule has 0 fully saturated rings. The predicted octanol–water partition coefficient (Wildman–Crippen LogP) is 2.21. The van der Waals surface area contributed by atoms with Crippen molar-refractivity contribution in [2.24, 2.45) is 0 Å². The van der Waals surface area contributed by atoms with Gasteiger partial charge in [-0.3, -0.25) is 0 Å². The van der Waals surface area contributed by atoms with Crippen LogP contribution < -0.4 is 5.32 Å². The van der Waals surface area contributed by atoms with Crippen LogP contribution in [0.4, 0.5) is 0 Å². The van der Waals surface area contributed by atoms with Crippen LogP contribution in [0.1, 0.15) is 37.4 Å². The largest absolute Gasteiger partial charge is 0.390 e. The summed E-state index contributed by atoms with van der Waals surface area (Å²) in [6.45, 7) is 5.65. The number of nitrogens with zero attached hydrogens (tertiary/aromatic N) is 1. The number of aliphatic hydroxyl groups excluding tert-OH is 1. The second kappa shape index (κ2) is 8.31. The van der Waals surface area contributed by atoms with Crippen LogP contribution in [0.25, 0.3) is 0 Å². The summed E-state index contributed by atoms with van der Waals surface area (Å²) in [5.74, 6) is 0. The Kier molecular flexibility index (Phi) is 7.06. The second-order valence-corrected chi connectivity index (χ2v) is 5.54. The van der Waals surface area contributed by atoms with Gasteiger partial charge in [0, 0.05) is 19.1 Å². The van der Waals surface area contributed by atoms with Gasteiger partial charge in [-0.25, -0.2) is 0 Å². The van der Waals surface area contributed by atoms with Crippen molar-refractivity contribution in [2.75, 3.05) is 27.2 Å². The molecule has 19 heavy (non-hydrogen) atoms. The highest BCUT2D eigenvalue weighted by Crippen LogP contribution is 2.14. The Morgan fingerprint density at radius 3 is 2.37 bits per heavy atom. The van der Waals surface area contributed by atoms with Crippen LogP contribution in [0.15, 0.2) is 24.3 Å². The lowest BCUT2D eigenvalue weighted by molar-refractivity contribution is 0.132. The molecule has 3 heteroatoms. The summed E-state index contributed by atoms with van der Waals surface area (Å²) in [6.07, 6.45) is 2.00. The summed E-state index contributed by atoms with van der Waals surface area (Å²) in [5, 5.41) is 13.2. The fourth-order valence-electron chi connectivity index (χ4n) is 2.18. The van der Waals surface area contributed by atoms with Crippen molar-refractivity contribution in [3.05, 3.63) is 35.4 Å². The van der Waals surface area contributed by atoms with Gasteiger partial charge in [-0.2, -0.15) is 0 Å². The predicted molar refractivity (Wildman–Crippen MR) is 81.4 cm³/mol. The molecule has 0 saturated heterocycles. The normalized spacial score (nSPS) is 14.6. The van der Waals surface area contributed by atoms with Crippen molar-refractivity contribution in [2.45, 2.75) is 38.8 Å². The Labute approximate surface area is 117 Å². The smallest absolute Gasteiger partial charge is 0.0791 e. The van der Waals surface area contributed by atoms with E-state index in [0.717, 1.165) is 6.42 Å². The van der Waals surface area contributed by atoms with E-state index in [1.807, 2.05) is 19.0 Å². The molecule has 3 nitrogen and oxygen atoms in total. The first kappa shape index (κ1) is 16.2. The molecule has 0 spiro atoms. The van der Waals surface area contributed by atoms with Crippen LogP contribution in [0.3, 0.4) is 0 Å². The lowest BCUT2D eigenvalue weighted by Crippen LogP contribution is -2.36. The van der Waals surface area contributed by atoms with Gasteiger partial charge in [0.2, 0.25) is 0 Å². The summed E-state index contributed by atoms with van der Waals surface area (Å²) in [6, 6.07) is 9.04. The number of hydrogen-bond donors (Lipinski definition) is 2. The van der Waals surface area contributed by atoms with E-state index >= 15 is 0 Å². The van der Waals surface area contributed by atoms with Crippen LogP contribution in [0.2, 0.25) is 0 Å². The fourth-order valence-corrected chi connectivity index (χ4v) is 2.18. The van der Waals surface area contributed by atoms with Crippen LogP contribution >= 0.6 is 0 Å². The highest BCUT2D eigenvalue weighted by atomic mass is 16.3. The van der Waals surface area contributed by atoms with Crippen LogP contribution in [-0.2, 0) is 6.42 Å². The molecule has 0 aliphatic carbocycles. The Hall–Kier alpha value is -0.900. The highest BCUT2D eigenvalue weighted by Gasteiger charge is 2.09. The number of hydrogen-bond acceptors (Lipinski definition) is 3. The number of aliphatic hydroxyl groups is 1. The lowest BCUT2D eigenvalue weighted by Gasteiger charge is -2.20. The molecule has 2 unspecified atom stereocenters. The van der Waals surface area contributed by atoms with Crippen molar-refractivity contribution < 1.29 is 5.11 Å². The quantitative estimate of drug-likeness (QED) is 0.755. The molecule has 1 aromatic rings. The molecular formula is C16H28N2O. The Morgan fingerprint density at radius 1 is 1.21 bits per heavy atom. The van der Waals surface area contributed by atoms with Crippen molar-refractivity contribution >= 4 is 0 Å². The van der Waals surface area contributed by atoms with Gasteiger partial charge in [-0.1, -0.05) is 37.6 Å². The average molecular weight is 264 g/mol. The van der Waals surface area contributed by atoms with Crippen molar-refractivity contribution in [1.82, 2.24) is 10.2 Å². The Balaban J connectivity index is 2.42. The lowest BCUT2D eigenvalue weighted by atomic mass is 10.0. The van der Waals surface area contributed by atoms with Gasteiger partial charge < -0.3 is 15.3 Å². The highest BCUT2D eigenvalue weighted by molar-refractivity contribution is 5.24. The number of aryl methyl sites for hydroxylation is 1. The minimum Gasteiger partial charge on any atom is -0.390 e. The number of nitrogens with one attached hydrogen (secondary N) is 1. The van der Waals surface area contributed by atoms with Crippen molar-refractivity contribution in [3.8, 4) is 0 Å². The Bertz CT molecular complexity index is 348. The molecule has 0 amide bonds. The van der Waals surface area contributed by atoms with E-state index in [9.17, 15) is 5.11 Å². The molecule has 0 aliphatic heterocycles. The van der Waals surface area contributed by atoms with Gasteiger partial charge >= 0.3 is 0 Å². The number of likely N-dealkylation sites (N-methyl/N-ethyl adjacent to an activating group) is 1. The molecular weight excluding hydrogens is 236 g/mol. The molecule has 108 valence electrons. The third-order valence-electron chi connectivity index (χ3n) is 3.25. The maximum Gasteiger partial charge on any atom is 0.0791 e. The SMILES string of the molecule is CCCc1ccc(C(C)NCC(O)CN(C)C)cc1. The molecule has 0 bridgehead atoms. The molecule has 1 rings (SSSR count). The first-order valence-electron chi connectivity index (χ1n) is 7.18. The van der Waals surface area contributed by atoms with Crippen LogP contribution in [0, 0.1) is 0 Å². The standard InChI is InChI=1S/C16H28N2O/c1-5-6-14-7-9-15(10-8-14)13(2)17-11-16(19)12-18(3)4/h7-10,13,16-17,19H,5-6,11-12H2,1-4H3. The minimum absolute atomic E-state index is 0.271. The summed E-state index contributed by atoms with van der Waals surface area (Å²) in [5.41, 5.74) is 2.67. The van der Waals surface area contributed by atoms with E-state index < -0.39 is 0 Å². The molecule has 0 aliphatic rings. The topological polar surface area (TPSA) is 35.5 Å².